The summed E-state index contributed by atoms with van der Waals surface area (Å²) in [5.74, 6) is 0.0887. The molecule has 0 saturated heterocycles. The largest absolute Gasteiger partial charge is 0.465 e. The Morgan fingerprint density at radius 1 is 1.35 bits per heavy atom. The van der Waals surface area contributed by atoms with Crippen molar-refractivity contribution in [2.75, 3.05) is 18.1 Å². The summed E-state index contributed by atoms with van der Waals surface area (Å²) in [7, 11) is 0. The zero-order valence-electron chi connectivity index (χ0n) is 12.9. The van der Waals surface area contributed by atoms with Crippen LogP contribution in [-0.4, -0.2) is 27.9 Å². The molecule has 2 N–H and O–H groups in total. The van der Waals surface area contributed by atoms with Crippen molar-refractivity contribution in [2.24, 2.45) is 0 Å². The molecule has 2 aromatic rings. The first-order valence-electron chi connectivity index (χ1n) is 7.30. The van der Waals surface area contributed by atoms with Crippen molar-refractivity contribution in [3.63, 3.8) is 0 Å². The molecule has 0 amide bonds. The first kappa shape index (κ1) is 17.1. The van der Waals surface area contributed by atoms with E-state index >= 15 is 0 Å². The van der Waals surface area contributed by atoms with Gasteiger partial charge in [0.25, 0.3) is 5.56 Å². The lowest BCUT2D eigenvalue weighted by molar-refractivity contribution is -0.139. The van der Waals surface area contributed by atoms with Crippen molar-refractivity contribution in [2.45, 2.75) is 25.0 Å². The standard InChI is InChI=1S/C16H19N3O3S/c1-2-22-15(21)11-23-16-18-14(20)10-13(17)19(16)9-8-12-6-4-3-5-7-12/h3-7,10H,2,8-9,11,17H2,1H3. The zero-order valence-corrected chi connectivity index (χ0v) is 13.7. The third-order valence-corrected chi connectivity index (χ3v) is 4.06. The summed E-state index contributed by atoms with van der Waals surface area (Å²) in [6.45, 7) is 2.65. The number of hydrogen-bond acceptors (Lipinski definition) is 6. The van der Waals surface area contributed by atoms with Crippen LogP contribution in [0.15, 0.2) is 46.3 Å². The lowest BCUT2D eigenvalue weighted by Crippen LogP contribution is -2.19. The van der Waals surface area contributed by atoms with E-state index in [1.54, 1.807) is 11.5 Å². The predicted octanol–water partition coefficient (Wildman–Crippen LogP) is 1.72. The van der Waals surface area contributed by atoms with Crippen LogP contribution in [0.5, 0.6) is 0 Å². The second kappa shape index (κ2) is 8.38. The average Bonchev–Trinajstić information content (AvgIpc) is 2.53. The van der Waals surface area contributed by atoms with Gasteiger partial charge in [-0.1, -0.05) is 42.1 Å². The minimum atomic E-state index is -0.412. The SMILES string of the molecule is CCOC(=O)CSc1nc(=O)cc(N)n1CCc1ccccc1. The van der Waals surface area contributed by atoms with Crippen LogP contribution in [0.3, 0.4) is 0 Å². The monoisotopic (exact) mass is 333 g/mol. The lowest BCUT2D eigenvalue weighted by Gasteiger charge is -2.14. The van der Waals surface area contributed by atoms with Crippen LogP contribution < -0.4 is 11.3 Å². The summed E-state index contributed by atoms with van der Waals surface area (Å²) in [5, 5.41) is 0.430. The highest BCUT2D eigenvalue weighted by Gasteiger charge is 2.11. The number of nitrogens with zero attached hydrogens (tertiary/aromatic N) is 2. The summed E-state index contributed by atoms with van der Waals surface area (Å²) in [5.41, 5.74) is 6.69. The molecule has 0 unspecified atom stereocenters. The minimum Gasteiger partial charge on any atom is -0.465 e. The topological polar surface area (TPSA) is 87.2 Å². The van der Waals surface area contributed by atoms with Gasteiger partial charge in [0, 0.05) is 12.6 Å². The Kier molecular flexibility index (Phi) is 6.22. The third kappa shape index (κ3) is 5.14. The highest BCUT2D eigenvalue weighted by atomic mass is 32.2. The van der Waals surface area contributed by atoms with E-state index in [1.807, 2.05) is 30.3 Å². The van der Waals surface area contributed by atoms with Crippen LogP contribution in [0.4, 0.5) is 5.82 Å². The van der Waals surface area contributed by atoms with Gasteiger partial charge in [-0.05, 0) is 18.9 Å². The van der Waals surface area contributed by atoms with Crippen LogP contribution in [0, 0.1) is 0 Å². The molecule has 0 bridgehead atoms. The maximum atomic E-state index is 11.6. The van der Waals surface area contributed by atoms with Crippen LogP contribution in [-0.2, 0) is 22.5 Å². The Morgan fingerprint density at radius 2 is 2.09 bits per heavy atom. The molecule has 122 valence electrons. The van der Waals surface area contributed by atoms with Crippen molar-refractivity contribution in [1.82, 2.24) is 9.55 Å². The number of nitrogens with two attached hydrogens (primary N) is 1. The first-order valence-corrected chi connectivity index (χ1v) is 8.28. The normalized spacial score (nSPS) is 10.5. The number of hydrogen-bond donors (Lipinski definition) is 1. The second-order valence-electron chi connectivity index (χ2n) is 4.78. The average molecular weight is 333 g/mol. The number of carbonyl (C=O) groups excluding carboxylic acids is 1. The molecule has 1 heterocycles. The molecular formula is C16H19N3O3S. The van der Waals surface area contributed by atoms with Gasteiger partial charge in [-0.25, -0.2) is 0 Å². The van der Waals surface area contributed by atoms with Gasteiger partial charge in [0.2, 0.25) is 0 Å². The molecule has 0 aliphatic carbocycles. The van der Waals surface area contributed by atoms with Crippen LogP contribution >= 0.6 is 11.8 Å². The fourth-order valence-electron chi connectivity index (χ4n) is 2.05. The van der Waals surface area contributed by atoms with Crippen molar-refractivity contribution in [3.8, 4) is 0 Å². The smallest absolute Gasteiger partial charge is 0.316 e. The van der Waals surface area contributed by atoms with Gasteiger partial charge >= 0.3 is 5.97 Å². The van der Waals surface area contributed by atoms with E-state index in [4.69, 9.17) is 10.5 Å². The van der Waals surface area contributed by atoms with Gasteiger partial charge in [-0.2, -0.15) is 4.98 Å². The lowest BCUT2D eigenvalue weighted by atomic mass is 10.1. The minimum absolute atomic E-state index is 0.0923. The number of anilines is 1. The molecule has 1 aromatic heterocycles. The fourth-order valence-corrected chi connectivity index (χ4v) is 2.89. The van der Waals surface area contributed by atoms with E-state index in [0.29, 0.717) is 24.1 Å². The number of thioether (sulfide) groups is 1. The van der Waals surface area contributed by atoms with Gasteiger partial charge in [0.05, 0.1) is 12.4 Å². The second-order valence-corrected chi connectivity index (χ2v) is 5.73. The van der Waals surface area contributed by atoms with Gasteiger partial charge < -0.3 is 15.0 Å². The molecular weight excluding hydrogens is 314 g/mol. The molecule has 6 nitrogen and oxygen atoms in total. The van der Waals surface area contributed by atoms with Gasteiger partial charge in [0.1, 0.15) is 5.82 Å². The maximum absolute atomic E-state index is 11.6. The highest BCUT2D eigenvalue weighted by Crippen LogP contribution is 2.18. The van der Waals surface area contributed by atoms with Crippen LogP contribution in [0.2, 0.25) is 0 Å². The van der Waals surface area contributed by atoms with Gasteiger partial charge in [-0.15, -0.1) is 0 Å². The molecule has 0 aliphatic rings. The quantitative estimate of drug-likeness (QED) is 0.472. The molecule has 0 fully saturated rings. The Morgan fingerprint density at radius 3 is 2.78 bits per heavy atom. The Labute approximate surface area is 138 Å². The molecule has 0 spiro atoms. The molecule has 0 radical (unpaired) electrons. The summed E-state index contributed by atoms with van der Waals surface area (Å²) < 4.78 is 6.64. The van der Waals surface area contributed by atoms with E-state index < -0.39 is 5.56 Å². The van der Waals surface area contributed by atoms with Gasteiger partial charge in [-0.3, -0.25) is 9.59 Å². The maximum Gasteiger partial charge on any atom is 0.316 e. The Hall–Kier alpha value is -2.28. The predicted molar refractivity (Wildman–Crippen MR) is 90.4 cm³/mol. The molecule has 0 atom stereocenters. The third-order valence-electron chi connectivity index (χ3n) is 3.11. The van der Waals surface area contributed by atoms with Gasteiger partial charge in [0.15, 0.2) is 5.16 Å². The number of benzene rings is 1. The number of rotatable bonds is 7. The summed E-state index contributed by atoms with van der Waals surface area (Å²) in [6, 6.07) is 11.2. The summed E-state index contributed by atoms with van der Waals surface area (Å²) in [4.78, 5) is 27.0. The summed E-state index contributed by atoms with van der Waals surface area (Å²) >= 11 is 1.16. The van der Waals surface area contributed by atoms with Crippen molar-refractivity contribution >= 4 is 23.5 Å². The number of aromatic nitrogens is 2. The van der Waals surface area contributed by atoms with E-state index in [-0.39, 0.29) is 11.7 Å². The van der Waals surface area contributed by atoms with Crippen molar-refractivity contribution in [3.05, 3.63) is 52.3 Å². The Balaban J connectivity index is 2.13. The molecule has 23 heavy (non-hydrogen) atoms. The molecule has 0 aliphatic heterocycles. The van der Waals surface area contributed by atoms with Crippen LogP contribution in [0.25, 0.3) is 0 Å². The number of nitrogen functional groups attached to an aromatic ring is 1. The summed E-state index contributed by atoms with van der Waals surface area (Å²) in [6.07, 6.45) is 0.753. The fraction of sp³-hybridized carbons (Fsp3) is 0.312. The molecule has 7 heteroatoms. The van der Waals surface area contributed by atoms with E-state index in [9.17, 15) is 9.59 Å². The molecule has 2 rings (SSSR count). The van der Waals surface area contributed by atoms with Crippen LogP contribution in [0.1, 0.15) is 12.5 Å². The molecule has 0 saturated carbocycles. The van der Waals surface area contributed by atoms with E-state index in [0.717, 1.165) is 23.7 Å². The zero-order chi connectivity index (χ0) is 16.7. The number of esters is 1. The molecule has 1 aromatic carbocycles. The van der Waals surface area contributed by atoms with Crippen molar-refractivity contribution in [1.29, 1.82) is 0 Å². The number of carbonyl (C=O) groups is 1. The van der Waals surface area contributed by atoms with E-state index in [1.165, 1.54) is 6.07 Å². The first-order chi connectivity index (χ1) is 11.1. The van der Waals surface area contributed by atoms with E-state index in [2.05, 4.69) is 4.98 Å². The number of aryl methyl sites for hydroxylation is 1. The number of ether oxygens (including phenoxy) is 1. The highest BCUT2D eigenvalue weighted by molar-refractivity contribution is 7.99. The Bertz CT molecular complexity index is 716. The van der Waals surface area contributed by atoms with Crippen molar-refractivity contribution < 1.29 is 9.53 Å².